The number of nitrogens with zero attached hydrogens (tertiary/aromatic N) is 1. The van der Waals surface area contributed by atoms with Crippen molar-refractivity contribution in [3.8, 4) is 0 Å². The number of carbonyl (C=O) groups is 3. The SMILES string of the molecule is O=C1CCC(Nc2ncccc2C(=O)O)C(=O)N1. The van der Waals surface area contributed by atoms with Crippen LogP contribution in [0.4, 0.5) is 5.82 Å². The molecule has 0 radical (unpaired) electrons. The van der Waals surface area contributed by atoms with Crippen LogP contribution >= 0.6 is 0 Å². The van der Waals surface area contributed by atoms with Gasteiger partial charge in [0.25, 0.3) is 0 Å². The van der Waals surface area contributed by atoms with Gasteiger partial charge in [-0.2, -0.15) is 0 Å². The molecule has 1 saturated heterocycles. The van der Waals surface area contributed by atoms with Crippen molar-refractivity contribution in [1.82, 2.24) is 10.3 Å². The van der Waals surface area contributed by atoms with Crippen molar-refractivity contribution in [3.05, 3.63) is 23.9 Å². The predicted molar refractivity (Wildman–Crippen MR) is 61.0 cm³/mol. The number of imide groups is 1. The minimum Gasteiger partial charge on any atom is -0.478 e. The summed E-state index contributed by atoms with van der Waals surface area (Å²) in [6, 6.07) is 2.25. The van der Waals surface area contributed by atoms with E-state index in [0.29, 0.717) is 6.42 Å². The Morgan fingerprint density at radius 1 is 1.50 bits per heavy atom. The number of aromatic nitrogens is 1. The number of anilines is 1. The average Bonchev–Trinajstić information content (AvgIpc) is 2.33. The highest BCUT2D eigenvalue weighted by Crippen LogP contribution is 2.15. The van der Waals surface area contributed by atoms with Crippen molar-refractivity contribution in [2.75, 3.05) is 5.32 Å². The maximum Gasteiger partial charge on any atom is 0.339 e. The van der Waals surface area contributed by atoms with Gasteiger partial charge >= 0.3 is 5.97 Å². The van der Waals surface area contributed by atoms with E-state index in [4.69, 9.17) is 5.11 Å². The molecule has 0 bridgehead atoms. The van der Waals surface area contributed by atoms with Crippen LogP contribution in [0.3, 0.4) is 0 Å². The molecule has 0 aliphatic carbocycles. The molecule has 7 nitrogen and oxygen atoms in total. The summed E-state index contributed by atoms with van der Waals surface area (Å²) < 4.78 is 0. The monoisotopic (exact) mass is 249 g/mol. The lowest BCUT2D eigenvalue weighted by molar-refractivity contribution is -0.133. The van der Waals surface area contributed by atoms with Crippen LogP contribution in [-0.2, 0) is 9.59 Å². The van der Waals surface area contributed by atoms with E-state index in [2.05, 4.69) is 15.6 Å². The number of nitrogens with one attached hydrogen (secondary N) is 2. The van der Waals surface area contributed by atoms with Gasteiger partial charge in [0.2, 0.25) is 11.8 Å². The van der Waals surface area contributed by atoms with E-state index in [-0.39, 0.29) is 23.7 Å². The molecule has 1 atom stereocenters. The van der Waals surface area contributed by atoms with Crippen molar-refractivity contribution in [2.24, 2.45) is 0 Å². The summed E-state index contributed by atoms with van der Waals surface area (Å²) in [6.45, 7) is 0. The molecule has 1 aromatic rings. The lowest BCUT2D eigenvalue weighted by atomic mass is 10.1. The predicted octanol–water partition coefficient (Wildman–Crippen LogP) is -0.00310. The summed E-state index contributed by atoms with van der Waals surface area (Å²) in [7, 11) is 0. The van der Waals surface area contributed by atoms with Crippen LogP contribution in [0.1, 0.15) is 23.2 Å². The summed E-state index contributed by atoms with van der Waals surface area (Å²) in [4.78, 5) is 37.4. The van der Waals surface area contributed by atoms with Crippen LogP contribution in [0.15, 0.2) is 18.3 Å². The van der Waals surface area contributed by atoms with Gasteiger partial charge < -0.3 is 10.4 Å². The van der Waals surface area contributed by atoms with Crippen LogP contribution in [0.25, 0.3) is 0 Å². The standard InChI is InChI=1S/C11H11N3O4/c15-8-4-3-7(10(16)14-8)13-9-6(11(17)18)2-1-5-12-9/h1-2,5,7H,3-4H2,(H,12,13)(H,17,18)(H,14,15,16). The van der Waals surface area contributed by atoms with E-state index in [1.54, 1.807) is 0 Å². The Labute approximate surface area is 102 Å². The Morgan fingerprint density at radius 3 is 2.94 bits per heavy atom. The van der Waals surface area contributed by atoms with Crippen molar-refractivity contribution in [2.45, 2.75) is 18.9 Å². The third-order valence-corrected chi connectivity index (χ3v) is 2.59. The fourth-order valence-electron chi connectivity index (χ4n) is 1.69. The smallest absolute Gasteiger partial charge is 0.339 e. The first kappa shape index (κ1) is 12.0. The van der Waals surface area contributed by atoms with Gasteiger partial charge in [0.1, 0.15) is 17.4 Å². The van der Waals surface area contributed by atoms with E-state index in [9.17, 15) is 14.4 Å². The number of amides is 2. The molecule has 1 unspecified atom stereocenters. The third kappa shape index (κ3) is 2.45. The molecular formula is C11H11N3O4. The molecule has 94 valence electrons. The van der Waals surface area contributed by atoms with Gasteiger partial charge in [0.05, 0.1) is 0 Å². The lowest BCUT2D eigenvalue weighted by Gasteiger charge is -2.22. The van der Waals surface area contributed by atoms with Crippen molar-refractivity contribution in [1.29, 1.82) is 0 Å². The zero-order chi connectivity index (χ0) is 13.1. The van der Waals surface area contributed by atoms with Crippen molar-refractivity contribution in [3.63, 3.8) is 0 Å². The van der Waals surface area contributed by atoms with Gasteiger partial charge in [-0.05, 0) is 18.6 Å². The zero-order valence-corrected chi connectivity index (χ0v) is 9.34. The zero-order valence-electron chi connectivity index (χ0n) is 9.34. The molecule has 18 heavy (non-hydrogen) atoms. The molecule has 1 aromatic heterocycles. The minimum atomic E-state index is -1.13. The van der Waals surface area contributed by atoms with E-state index in [0.717, 1.165) is 0 Å². The normalized spacial score (nSPS) is 19.2. The molecule has 2 heterocycles. The fraction of sp³-hybridized carbons (Fsp3) is 0.273. The van der Waals surface area contributed by atoms with E-state index >= 15 is 0 Å². The van der Waals surface area contributed by atoms with Gasteiger partial charge in [-0.1, -0.05) is 0 Å². The first-order valence-electron chi connectivity index (χ1n) is 5.36. The molecule has 2 amide bonds. The van der Waals surface area contributed by atoms with Crippen LogP contribution in [0.2, 0.25) is 0 Å². The largest absolute Gasteiger partial charge is 0.478 e. The Hall–Kier alpha value is -2.44. The molecule has 1 fully saturated rings. The summed E-state index contributed by atoms with van der Waals surface area (Å²) in [5, 5.41) is 13.9. The maximum absolute atomic E-state index is 11.5. The second kappa shape index (κ2) is 4.82. The summed E-state index contributed by atoms with van der Waals surface area (Å²) in [5.74, 6) is -1.79. The van der Waals surface area contributed by atoms with Crippen LogP contribution in [-0.4, -0.2) is 33.9 Å². The van der Waals surface area contributed by atoms with E-state index in [1.807, 2.05) is 0 Å². The van der Waals surface area contributed by atoms with Crippen LogP contribution in [0.5, 0.6) is 0 Å². The second-order valence-corrected chi connectivity index (χ2v) is 3.85. The van der Waals surface area contributed by atoms with Crippen molar-refractivity contribution < 1.29 is 19.5 Å². The highest BCUT2D eigenvalue weighted by Gasteiger charge is 2.27. The first-order chi connectivity index (χ1) is 8.58. The Balaban J connectivity index is 2.17. The highest BCUT2D eigenvalue weighted by molar-refractivity contribution is 6.02. The molecule has 0 spiro atoms. The number of aromatic carboxylic acids is 1. The lowest BCUT2D eigenvalue weighted by Crippen LogP contribution is -2.47. The number of carboxylic acids is 1. The fourth-order valence-corrected chi connectivity index (χ4v) is 1.69. The van der Waals surface area contributed by atoms with Gasteiger partial charge in [0, 0.05) is 12.6 Å². The number of piperidine rings is 1. The maximum atomic E-state index is 11.5. The first-order valence-corrected chi connectivity index (χ1v) is 5.36. The van der Waals surface area contributed by atoms with E-state index < -0.39 is 17.9 Å². The van der Waals surface area contributed by atoms with E-state index in [1.165, 1.54) is 18.3 Å². The third-order valence-electron chi connectivity index (χ3n) is 2.59. The number of hydrogen-bond acceptors (Lipinski definition) is 5. The Bertz CT molecular complexity index is 515. The quantitative estimate of drug-likeness (QED) is 0.650. The van der Waals surface area contributed by atoms with Crippen LogP contribution < -0.4 is 10.6 Å². The van der Waals surface area contributed by atoms with Gasteiger partial charge in [-0.15, -0.1) is 0 Å². The molecule has 1 aliphatic rings. The molecule has 7 heteroatoms. The molecule has 3 N–H and O–H groups in total. The van der Waals surface area contributed by atoms with Gasteiger partial charge in [-0.3, -0.25) is 14.9 Å². The Morgan fingerprint density at radius 2 is 2.28 bits per heavy atom. The second-order valence-electron chi connectivity index (χ2n) is 3.85. The minimum absolute atomic E-state index is 0.0119. The summed E-state index contributed by atoms with van der Waals surface area (Å²) in [5.41, 5.74) is -0.0119. The molecule has 0 saturated carbocycles. The molecule has 0 aromatic carbocycles. The van der Waals surface area contributed by atoms with Gasteiger partial charge in [0.15, 0.2) is 0 Å². The average molecular weight is 249 g/mol. The number of hydrogen-bond donors (Lipinski definition) is 3. The number of carboxylic acid groups (broad SMARTS) is 1. The number of rotatable bonds is 3. The molecular weight excluding hydrogens is 238 g/mol. The number of pyridine rings is 1. The summed E-state index contributed by atoms with van der Waals surface area (Å²) >= 11 is 0. The molecule has 1 aliphatic heterocycles. The van der Waals surface area contributed by atoms with Gasteiger partial charge in [-0.25, -0.2) is 9.78 Å². The van der Waals surface area contributed by atoms with Crippen molar-refractivity contribution >= 4 is 23.6 Å². The topological polar surface area (TPSA) is 108 Å². The highest BCUT2D eigenvalue weighted by atomic mass is 16.4. The summed E-state index contributed by atoms with van der Waals surface area (Å²) in [6.07, 6.45) is 1.97. The van der Waals surface area contributed by atoms with Crippen LogP contribution in [0, 0.1) is 0 Å². The number of carbonyl (C=O) groups excluding carboxylic acids is 2. The molecule has 2 rings (SSSR count). The Kier molecular flexibility index (Phi) is 3.22.